The van der Waals surface area contributed by atoms with Crippen LogP contribution in [-0.4, -0.2) is 43.8 Å². The summed E-state index contributed by atoms with van der Waals surface area (Å²) in [6, 6.07) is 7.88. The quantitative estimate of drug-likeness (QED) is 0.474. The molecule has 6 nitrogen and oxygen atoms in total. The van der Waals surface area contributed by atoms with E-state index in [9.17, 15) is 4.79 Å². The van der Waals surface area contributed by atoms with E-state index in [2.05, 4.69) is 15.6 Å². The van der Waals surface area contributed by atoms with Gasteiger partial charge in [-0.05, 0) is 46.2 Å². The van der Waals surface area contributed by atoms with Crippen LogP contribution >= 0.6 is 0 Å². The highest BCUT2D eigenvalue weighted by Gasteiger charge is 2.16. The Morgan fingerprint density at radius 1 is 1.25 bits per heavy atom. The molecule has 0 spiro atoms. The molecule has 0 aliphatic heterocycles. The summed E-state index contributed by atoms with van der Waals surface area (Å²) in [5.41, 5.74) is 0.600. The largest absolute Gasteiger partial charge is 0.489 e. The second kappa shape index (κ2) is 9.15. The summed E-state index contributed by atoms with van der Waals surface area (Å²) in [5, 5.41) is 6.06. The van der Waals surface area contributed by atoms with Crippen LogP contribution in [0.1, 0.15) is 33.3 Å². The first-order valence-electron chi connectivity index (χ1n) is 8.10. The van der Waals surface area contributed by atoms with Gasteiger partial charge < -0.3 is 20.1 Å². The van der Waals surface area contributed by atoms with Gasteiger partial charge in [0, 0.05) is 7.05 Å². The smallest absolute Gasteiger partial charge is 0.325 e. The highest BCUT2D eigenvalue weighted by atomic mass is 16.6. The first-order valence-corrected chi connectivity index (χ1v) is 8.10. The van der Waals surface area contributed by atoms with Crippen molar-refractivity contribution in [2.45, 2.75) is 46.3 Å². The van der Waals surface area contributed by atoms with Gasteiger partial charge in [0.05, 0.1) is 6.54 Å². The van der Waals surface area contributed by atoms with Crippen LogP contribution in [0.3, 0.4) is 0 Å². The first-order chi connectivity index (χ1) is 11.2. The molecule has 2 N–H and O–H groups in total. The standard InChI is InChI=1S/C18H29N3O3/c1-13-9-7-8-10-15(13)23-14(2)11-20-17(19-6)21-12-16(22)24-18(3,4)5/h7-10,14H,11-12H2,1-6H3,(H2,19,20,21). The van der Waals surface area contributed by atoms with Gasteiger partial charge in [-0.1, -0.05) is 18.2 Å². The number of esters is 1. The number of aryl methyl sites for hydroxylation is 1. The number of para-hydroxylation sites is 1. The molecule has 0 saturated heterocycles. The van der Waals surface area contributed by atoms with Crippen molar-refractivity contribution in [2.75, 3.05) is 20.1 Å². The molecule has 0 saturated carbocycles. The van der Waals surface area contributed by atoms with Gasteiger partial charge in [-0.3, -0.25) is 9.79 Å². The van der Waals surface area contributed by atoms with Crippen LogP contribution in [0.5, 0.6) is 5.75 Å². The van der Waals surface area contributed by atoms with Crippen LogP contribution in [0, 0.1) is 6.92 Å². The minimum absolute atomic E-state index is 0.0498. The summed E-state index contributed by atoms with van der Waals surface area (Å²) in [5.74, 6) is 1.07. The molecule has 6 heteroatoms. The van der Waals surface area contributed by atoms with Gasteiger partial charge in [0.2, 0.25) is 0 Å². The summed E-state index contributed by atoms with van der Waals surface area (Å²) in [4.78, 5) is 15.8. The lowest BCUT2D eigenvalue weighted by atomic mass is 10.2. The minimum Gasteiger partial charge on any atom is -0.489 e. The fourth-order valence-electron chi connectivity index (χ4n) is 1.94. The van der Waals surface area contributed by atoms with Crippen molar-refractivity contribution in [1.29, 1.82) is 0 Å². The van der Waals surface area contributed by atoms with Crippen molar-refractivity contribution in [3.05, 3.63) is 29.8 Å². The Morgan fingerprint density at radius 3 is 2.50 bits per heavy atom. The zero-order chi connectivity index (χ0) is 18.2. The Balaban J connectivity index is 2.38. The molecule has 1 aromatic rings. The number of aliphatic imine (C=N–C) groups is 1. The molecule has 0 aromatic heterocycles. The Labute approximate surface area is 144 Å². The maximum absolute atomic E-state index is 11.7. The summed E-state index contributed by atoms with van der Waals surface area (Å²) in [6.07, 6.45) is -0.0498. The topological polar surface area (TPSA) is 72.0 Å². The molecule has 0 heterocycles. The predicted octanol–water partition coefficient (Wildman–Crippen LogP) is 2.27. The third-order valence-corrected chi connectivity index (χ3v) is 3.02. The van der Waals surface area contributed by atoms with Crippen LogP contribution in [0.25, 0.3) is 0 Å². The lowest BCUT2D eigenvalue weighted by Gasteiger charge is -2.21. The van der Waals surface area contributed by atoms with E-state index in [4.69, 9.17) is 9.47 Å². The maximum Gasteiger partial charge on any atom is 0.325 e. The minimum atomic E-state index is -0.494. The average molecular weight is 335 g/mol. The second-order valence-corrected chi connectivity index (χ2v) is 6.59. The van der Waals surface area contributed by atoms with Crippen LogP contribution in [0.15, 0.2) is 29.3 Å². The Hall–Kier alpha value is -2.24. The Bertz CT molecular complexity index is 565. The van der Waals surface area contributed by atoms with Crippen LogP contribution < -0.4 is 15.4 Å². The number of hydrogen-bond acceptors (Lipinski definition) is 4. The van der Waals surface area contributed by atoms with Crippen molar-refractivity contribution in [3.63, 3.8) is 0 Å². The highest BCUT2D eigenvalue weighted by Crippen LogP contribution is 2.17. The van der Waals surface area contributed by atoms with Crippen LogP contribution in [-0.2, 0) is 9.53 Å². The summed E-state index contributed by atoms with van der Waals surface area (Å²) < 4.78 is 11.1. The van der Waals surface area contributed by atoms with Gasteiger partial charge in [-0.2, -0.15) is 0 Å². The summed E-state index contributed by atoms with van der Waals surface area (Å²) in [6.45, 7) is 10.1. The molecule has 0 radical (unpaired) electrons. The van der Waals surface area contributed by atoms with E-state index in [0.29, 0.717) is 12.5 Å². The second-order valence-electron chi connectivity index (χ2n) is 6.59. The van der Waals surface area contributed by atoms with Crippen molar-refractivity contribution < 1.29 is 14.3 Å². The zero-order valence-corrected chi connectivity index (χ0v) is 15.5. The van der Waals surface area contributed by atoms with Gasteiger partial charge in [0.1, 0.15) is 24.0 Å². The molecular formula is C18H29N3O3. The van der Waals surface area contributed by atoms with Gasteiger partial charge in [0.15, 0.2) is 5.96 Å². The maximum atomic E-state index is 11.7. The number of nitrogens with zero attached hydrogens (tertiary/aromatic N) is 1. The van der Waals surface area contributed by atoms with Gasteiger partial charge in [0.25, 0.3) is 0 Å². The fraction of sp³-hybridized carbons (Fsp3) is 0.556. The molecule has 1 aromatic carbocycles. The molecule has 1 rings (SSSR count). The van der Waals surface area contributed by atoms with E-state index >= 15 is 0 Å². The predicted molar refractivity (Wildman–Crippen MR) is 96.5 cm³/mol. The van der Waals surface area contributed by atoms with Crippen molar-refractivity contribution in [2.24, 2.45) is 4.99 Å². The molecule has 0 fully saturated rings. The number of carbonyl (C=O) groups excluding carboxylic acids is 1. The zero-order valence-electron chi connectivity index (χ0n) is 15.5. The monoisotopic (exact) mass is 335 g/mol. The van der Waals surface area contributed by atoms with E-state index < -0.39 is 5.60 Å². The van der Waals surface area contributed by atoms with E-state index in [-0.39, 0.29) is 18.6 Å². The normalized spacial score (nSPS) is 13.2. The number of guanidine groups is 1. The molecule has 24 heavy (non-hydrogen) atoms. The molecular weight excluding hydrogens is 306 g/mol. The van der Waals surface area contributed by atoms with Crippen molar-refractivity contribution in [3.8, 4) is 5.75 Å². The lowest BCUT2D eigenvalue weighted by molar-refractivity contribution is -0.153. The Morgan fingerprint density at radius 2 is 1.92 bits per heavy atom. The number of hydrogen-bond donors (Lipinski definition) is 2. The third kappa shape index (κ3) is 7.85. The number of rotatable bonds is 6. The highest BCUT2D eigenvalue weighted by molar-refractivity contribution is 5.84. The summed E-state index contributed by atoms with van der Waals surface area (Å²) in [7, 11) is 1.65. The average Bonchev–Trinajstić information content (AvgIpc) is 2.48. The fourth-order valence-corrected chi connectivity index (χ4v) is 1.94. The van der Waals surface area contributed by atoms with E-state index in [1.54, 1.807) is 7.05 Å². The number of nitrogens with one attached hydrogen (secondary N) is 2. The number of benzene rings is 1. The molecule has 1 atom stereocenters. The molecule has 0 bridgehead atoms. The molecule has 0 aliphatic rings. The number of carbonyl (C=O) groups is 1. The Kier molecular flexibility index (Phi) is 7.55. The van der Waals surface area contributed by atoms with Crippen molar-refractivity contribution in [1.82, 2.24) is 10.6 Å². The van der Waals surface area contributed by atoms with Crippen molar-refractivity contribution >= 4 is 11.9 Å². The lowest BCUT2D eigenvalue weighted by Crippen LogP contribution is -2.44. The van der Waals surface area contributed by atoms with Gasteiger partial charge in [-0.25, -0.2) is 0 Å². The molecule has 0 aliphatic carbocycles. The molecule has 134 valence electrons. The van der Waals surface area contributed by atoms with E-state index in [0.717, 1.165) is 11.3 Å². The van der Waals surface area contributed by atoms with Crippen LogP contribution in [0.2, 0.25) is 0 Å². The van der Waals surface area contributed by atoms with Gasteiger partial charge >= 0.3 is 5.97 Å². The number of ether oxygens (including phenoxy) is 2. The third-order valence-electron chi connectivity index (χ3n) is 3.02. The van der Waals surface area contributed by atoms with E-state index in [1.807, 2.05) is 58.9 Å². The first kappa shape index (κ1) is 19.8. The SMILES string of the molecule is CN=C(NCC(=O)OC(C)(C)C)NCC(C)Oc1ccccc1C. The molecule has 0 amide bonds. The van der Waals surface area contributed by atoms with E-state index in [1.165, 1.54) is 0 Å². The van der Waals surface area contributed by atoms with Crippen LogP contribution in [0.4, 0.5) is 0 Å². The van der Waals surface area contributed by atoms with Gasteiger partial charge in [-0.15, -0.1) is 0 Å². The summed E-state index contributed by atoms with van der Waals surface area (Å²) >= 11 is 0. The molecule has 1 unspecified atom stereocenters.